The summed E-state index contributed by atoms with van der Waals surface area (Å²) in [5, 5.41) is 27.5. The van der Waals surface area contributed by atoms with Crippen LogP contribution in [-0.2, 0) is 0 Å². The molecule has 0 bridgehead atoms. The second-order valence-electron chi connectivity index (χ2n) is 3.20. The van der Waals surface area contributed by atoms with Crippen molar-refractivity contribution in [1.29, 1.82) is 0 Å². The summed E-state index contributed by atoms with van der Waals surface area (Å²) in [6, 6.07) is 1.71. The Morgan fingerprint density at radius 3 is 2.93 bits per heavy atom. The third kappa shape index (κ3) is 1.82. The highest BCUT2D eigenvalue weighted by Gasteiger charge is 2.19. The van der Waals surface area contributed by atoms with Crippen molar-refractivity contribution in [2.45, 2.75) is 12.2 Å². The number of fused-ring (bicyclic) bond motifs is 1. The van der Waals surface area contributed by atoms with E-state index >= 15 is 0 Å². The zero-order valence-electron chi connectivity index (χ0n) is 7.83. The number of hydrogen-bond donors (Lipinski definition) is 4. The molecule has 0 aliphatic heterocycles. The first-order valence-electron chi connectivity index (χ1n) is 4.49. The fraction of sp³-hybridized carbons (Fsp3) is 0.333. The van der Waals surface area contributed by atoms with Crippen LogP contribution < -0.4 is 0 Å². The summed E-state index contributed by atoms with van der Waals surface area (Å²) in [7, 11) is 0. The summed E-state index contributed by atoms with van der Waals surface area (Å²) >= 11 is 0. The molecule has 2 aromatic rings. The summed E-state index contributed by atoms with van der Waals surface area (Å²) in [5.41, 5.74) is 1.46. The van der Waals surface area contributed by atoms with Crippen LogP contribution in [-0.4, -0.2) is 43.0 Å². The SMILES string of the molecule is OCC(O)C(O)c1cnc2[nH]ccc2n1. The van der Waals surface area contributed by atoms with Gasteiger partial charge >= 0.3 is 0 Å². The number of aliphatic hydroxyl groups is 3. The lowest BCUT2D eigenvalue weighted by molar-refractivity contribution is -0.0173. The number of aromatic amines is 1. The van der Waals surface area contributed by atoms with Crippen LogP contribution in [0.1, 0.15) is 11.8 Å². The molecule has 2 rings (SSSR count). The lowest BCUT2D eigenvalue weighted by Crippen LogP contribution is -2.23. The van der Waals surface area contributed by atoms with E-state index in [0.29, 0.717) is 11.2 Å². The van der Waals surface area contributed by atoms with Crippen molar-refractivity contribution in [1.82, 2.24) is 15.0 Å². The minimum atomic E-state index is -1.24. The average Bonchev–Trinajstić information content (AvgIpc) is 2.73. The minimum absolute atomic E-state index is 0.239. The molecule has 6 heteroatoms. The average molecular weight is 209 g/mol. The Morgan fingerprint density at radius 1 is 1.40 bits per heavy atom. The molecular formula is C9H11N3O3. The van der Waals surface area contributed by atoms with Gasteiger partial charge in [-0.05, 0) is 6.07 Å². The molecular weight excluding hydrogens is 198 g/mol. The molecule has 0 fully saturated rings. The number of aromatic nitrogens is 3. The van der Waals surface area contributed by atoms with Gasteiger partial charge in [0, 0.05) is 6.20 Å². The van der Waals surface area contributed by atoms with E-state index in [1.165, 1.54) is 6.20 Å². The van der Waals surface area contributed by atoms with Gasteiger partial charge in [0.25, 0.3) is 0 Å². The maximum absolute atomic E-state index is 9.56. The van der Waals surface area contributed by atoms with Gasteiger partial charge < -0.3 is 20.3 Å². The van der Waals surface area contributed by atoms with E-state index in [0.717, 1.165) is 0 Å². The first-order chi connectivity index (χ1) is 7.22. The number of aliphatic hydroxyl groups excluding tert-OH is 3. The highest BCUT2D eigenvalue weighted by Crippen LogP contribution is 2.16. The van der Waals surface area contributed by atoms with Crippen LogP contribution in [0.15, 0.2) is 18.5 Å². The van der Waals surface area contributed by atoms with Crippen LogP contribution in [0.3, 0.4) is 0 Å². The van der Waals surface area contributed by atoms with E-state index in [4.69, 9.17) is 5.11 Å². The quantitative estimate of drug-likeness (QED) is 0.537. The molecule has 0 aliphatic carbocycles. The first-order valence-corrected chi connectivity index (χ1v) is 4.49. The molecule has 0 spiro atoms. The van der Waals surface area contributed by atoms with Gasteiger partial charge in [-0.25, -0.2) is 9.97 Å². The van der Waals surface area contributed by atoms with Gasteiger partial charge in [-0.15, -0.1) is 0 Å². The van der Waals surface area contributed by atoms with E-state index in [9.17, 15) is 10.2 Å². The largest absolute Gasteiger partial charge is 0.394 e. The van der Waals surface area contributed by atoms with Crippen molar-refractivity contribution in [2.75, 3.05) is 6.61 Å². The normalized spacial score (nSPS) is 15.4. The predicted molar refractivity (Wildman–Crippen MR) is 51.9 cm³/mol. The lowest BCUT2D eigenvalue weighted by atomic mass is 10.1. The topological polar surface area (TPSA) is 102 Å². The van der Waals surface area contributed by atoms with Crippen LogP contribution in [0.25, 0.3) is 11.2 Å². The molecule has 0 aliphatic rings. The summed E-state index contributed by atoms with van der Waals surface area (Å²) in [5.74, 6) is 0. The van der Waals surface area contributed by atoms with Gasteiger partial charge in [-0.1, -0.05) is 0 Å². The van der Waals surface area contributed by atoms with Crippen molar-refractivity contribution in [3.8, 4) is 0 Å². The van der Waals surface area contributed by atoms with Gasteiger partial charge in [-0.3, -0.25) is 0 Å². The zero-order valence-corrected chi connectivity index (χ0v) is 7.83. The molecule has 0 saturated heterocycles. The molecule has 2 heterocycles. The van der Waals surface area contributed by atoms with E-state index in [-0.39, 0.29) is 5.69 Å². The van der Waals surface area contributed by atoms with Crippen LogP contribution in [0.4, 0.5) is 0 Å². The molecule has 15 heavy (non-hydrogen) atoms. The summed E-state index contributed by atoms with van der Waals surface area (Å²) in [6.45, 7) is -0.520. The van der Waals surface area contributed by atoms with E-state index in [2.05, 4.69) is 15.0 Å². The second-order valence-corrected chi connectivity index (χ2v) is 3.20. The first kappa shape index (κ1) is 10.0. The maximum atomic E-state index is 9.56. The standard InChI is InChI=1S/C9H11N3O3/c13-4-7(14)8(15)6-3-11-9-5(12-6)1-2-10-9/h1-3,7-8,13-15H,4H2,(H,10,11). The number of nitrogens with zero attached hydrogens (tertiary/aromatic N) is 2. The Labute approximate surface area is 85.2 Å². The molecule has 0 amide bonds. The lowest BCUT2D eigenvalue weighted by Gasteiger charge is -2.14. The van der Waals surface area contributed by atoms with Crippen LogP contribution in [0, 0.1) is 0 Å². The van der Waals surface area contributed by atoms with E-state index in [1.54, 1.807) is 12.3 Å². The summed E-state index contributed by atoms with van der Waals surface area (Å²) in [4.78, 5) is 11.0. The van der Waals surface area contributed by atoms with Gasteiger partial charge in [0.2, 0.25) is 0 Å². The summed E-state index contributed by atoms with van der Waals surface area (Å²) in [6.07, 6.45) is 0.587. The fourth-order valence-electron chi connectivity index (χ4n) is 1.28. The molecule has 2 atom stereocenters. The van der Waals surface area contributed by atoms with Crippen molar-refractivity contribution >= 4 is 11.2 Å². The third-order valence-electron chi connectivity index (χ3n) is 2.13. The van der Waals surface area contributed by atoms with Crippen molar-refractivity contribution in [2.24, 2.45) is 0 Å². The number of H-pyrrole nitrogens is 1. The van der Waals surface area contributed by atoms with E-state index in [1.807, 2.05) is 0 Å². The van der Waals surface area contributed by atoms with E-state index < -0.39 is 18.8 Å². The zero-order chi connectivity index (χ0) is 10.8. The molecule has 0 saturated carbocycles. The molecule has 2 unspecified atom stereocenters. The monoisotopic (exact) mass is 209 g/mol. The van der Waals surface area contributed by atoms with Gasteiger partial charge in [0.05, 0.1) is 18.5 Å². The Morgan fingerprint density at radius 2 is 2.20 bits per heavy atom. The highest BCUT2D eigenvalue weighted by molar-refractivity contribution is 5.69. The highest BCUT2D eigenvalue weighted by atomic mass is 16.4. The predicted octanol–water partition coefficient (Wildman–Crippen LogP) is -0.656. The number of nitrogens with one attached hydrogen (secondary N) is 1. The molecule has 6 nitrogen and oxygen atoms in total. The Balaban J connectivity index is 2.35. The molecule has 2 aromatic heterocycles. The second kappa shape index (κ2) is 3.93. The smallest absolute Gasteiger partial charge is 0.156 e. The maximum Gasteiger partial charge on any atom is 0.156 e. The van der Waals surface area contributed by atoms with Crippen LogP contribution in [0.2, 0.25) is 0 Å². The fourth-order valence-corrected chi connectivity index (χ4v) is 1.28. The van der Waals surface area contributed by atoms with Gasteiger partial charge in [-0.2, -0.15) is 0 Å². The van der Waals surface area contributed by atoms with Crippen molar-refractivity contribution in [3.05, 3.63) is 24.2 Å². The van der Waals surface area contributed by atoms with Crippen molar-refractivity contribution in [3.63, 3.8) is 0 Å². The Kier molecular flexibility index (Phi) is 2.63. The van der Waals surface area contributed by atoms with Crippen LogP contribution in [0.5, 0.6) is 0 Å². The van der Waals surface area contributed by atoms with Crippen LogP contribution >= 0.6 is 0 Å². The summed E-state index contributed by atoms with van der Waals surface area (Å²) < 4.78 is 0. The van der Waals surface area contributed by atoms with Gasteiger partial charge in [0.1, 0.15) is 17.7 Å². The van der Waals surface area contributed by atoms with Crippen molar-refractivity contribution < 1.29 is 15.3 Å². The molecule has 0 aromatic carbocycles. The molecule has 4 N–H and O–H groups in total. The number of hydrogen-bond acceptors (Lipinski definition) is 5. The molecule has 0 radical (unpaired) electrons. The Bertz CT molecular complexity index is 457. The number of rotatable bonds is 3. The third-order valence-corrected chi connectivity index (χ3v) is 2.13. The minimum Gasteiger partial charge on any atom is -0.394 e. The Hall–Kier alpha value is -1.50. The molecule has 80 valence electrons. The van der Waals surface area contributed by atoms with Gasteiger partial charge in [0.15, 0.2) is 5.65 Å².